The molecule has 3 aromatic rings. The number of nitrogens with one attached hydrogen (secondary N) is 1. The summed E-state index contributed by atoms with van der Waals surface area (Å²) >= 11 is 0. The number of amides is 1. The maximum atomic E-state index is 12.7. The summed E-state index contributed by atoms with van der Waals surface area (Å²) in [6.45, 7) is 0. The minimum absolute atomic E-state index is 0.0283. The van der Waals surface area contributed by atoms with E-state index >= 15 is 0 Å². The fraction of sp³-hybridized carbons (Fsp3) is 0.200. The summed E-state index contributed by atoms with van der Waals surface area (Å²) in [6.07, 6.45) is -5.44. The van der Waals surface area contributed by atoms with Gasteiger partial charge in [0.15, 0.2) is 6.04 Å². The number of carboxylic acids is 1. The zero-order valence-corrected chi connectivity index (χ0v) is 17.1. The number of carboxylic acid groups (broad SMARTS) is 1. The summed E-state index contributed by atoms with van der Waals surface area (Å²) < 4.78 is 38.1. The first-order chi connectivity index (χ1) is 15.2. The minimum Gasteiger partial charge on any atom is -0.479 e. The highest BCUT2D eigenvalue weighted by Gasteiger charge is 2.28. The van der Waals surface area contributed by atoms with E-state index < -0.39 is 30.5 Å². The molecule has 4 nitrogen and oxygen atoms in total. The van der Waals surface area contributed by atoms with Crippen molar-refractivity contribution in [2.75, 3.05) is 0 Å². The third-order valence-electron chi connectivity index (χ3n) is 5.03. The minimum atomic E-state index is -4.30. The molecule has 0 spiro atoms. The number of alkyl halides is 3. The zero-order chi connectivity index (χ0) is 23.1. The molecule has 3 rings (SSSR count). The van der Waals surface area contributed by atoms with E-state index in [0.29, 0.717) is 11.1 Å². The highest BCUT2D eigenvalue weighted by molar-refractivity contribution is 5.96. The highest BCUT2D eigenvalue weighted by Crippen LogP contribution is 2.29. The van der Waals surface area contributed by atoms with Gasteiger partial charge in [0, 0.05) is 12.0 Å². The molecule has 0 radical (unpaired) electrons. The molecule has 32 heavy (non-hydrogen) atoms. The van der Waals surface area contributed by atoms with Gasteiger partial charge in [-0.3, -0.25) is 4.79 Å². The second kappa shape index (κ2) is 10.1. The Morgan fingerprint density at radius 1 is 0.875 bits per heavy atom. The Balaban J connectivity index is 1.95. The number of carbonyl (C=O) groups excluding carboxylic acids is 1. The van der Waals surface area contributed by atoms with E-state index in [-0.39, 0.29) is 18.4 Å². The molecule has 3 aromatic carbocycles. The number of rotatable bonds is 8. The molecule has 0 heterocycles. The number of hydrogen-bond acceptors (Lipinski definition) is 2. The first kappa shape index (κ1) is 23.1. The summed E-state index contributed by atoms with van der Waals surface area (Å²) in [5.74, 6) is -1.87. The number of aryl methyl sites for hydroxylation is 1. The third-order valence-corrected chi connectivity index (χ3v) is 5.03. The lowest BCUT2D eigenvalue weighted by molar-refractivity contribution is -0.139. The zero-order valence-electron chi connectivity index (χ0n) is 17.1. The second-order valence-electron chi connectivity index (χ2n) is 7.36. The first-order valence-electron chi connectivity index (χ1n) is 10.1. The SMILES string of the molecule is O=C(NC(C(=O)O)c1ccc(-c2ccccc2)cc1CCCC(F)(F)F)c1ccccc1. The van der Waals surface area contributed by atoms with Crippen LogP contribution in [0.5, 0.6) is 0 Å². The molecule has 1 amide bonds. The molecule has 0 bridgehead atoms. The molecule has 1 unspecified atom stereocenters. The molecule has 1 atom stereocenters. The van der Waals surface area contributed by atoms with Crippen molar-refractivity contribution < 1.29 is 27.9 Å². The van der Waals surface area contributed by atoms with Gasteiger partial charge in [-0.25, -0.2) is 4.79 Å². The Morgan fingerprint density at radius 2 is 1.50 bits per heavy atom. The van der Waals surface area contributed by atoms with E-state index in [9.17, 15) is 27.9 Å². The van der Waals surface area contributed by atoms with Crippen LogP contribution in [0, 0.1) is 0 Å². The lowest BCUT2D eigenvalue weighted by atomic mass is 9.92. The number of aliphatic carboxylic acids is 1. The molecule has 166 valence electrons. The van der Waals surface area contributed by atoms with Gasteiger partial charge in [-0.2, -0.15) is 13.2 Å². The van der Waals surface area contributed by atoms with Gasteiger partial charge in [0.1, 0.15) is 0 Å². The van der Waals surface area contributed by atoms with Gasteiger partial charge in [-0.05, 0) is 47.2 Å². The maximum Gasteiger partial charge on any atom is 0.389 e. The van der Waals surface area contributed by atoms with Crippen LogP contribution in [0.3, 0.4) is 0 Å². The van der Waals surface area contributed by atoms with E-state index in [1.54, 1.807) is 48.5 Å². The third kappa shape index (κ3) is 6.20. The van der Waals surface area contributed by atoms with Crippen molar-refractivity contribution in [1.82, 2.24) is 5.32 Å². The molecule has 0 aliphatic carbocycles. The van der Waals surface area contributed by atoms with Crippen LogP contribution in [0.2, 0.25) is 0 Å². The van der Waals surface area contributed by atoms with Crippen LogP contribution in [0.4, 0.5) is 13.2 Å². The van der Waals surface area contributed by atoms with Crippen molar-refractivity contribution in [3.05, 3.63) is 95.6 Å². The summed E-state index contributed by atoms with van der Waals surface area (Å²) in [7, 11) is 0. The van der Waals surface area contributed by atoms with Crippen LogP contribution < -0.4 is 5.32 Å². The molecule has 0 fully saturated rings. The van der Waals surface area contributed by atoms with E-state index in [1.807, 2.05) is 30.3 Å². The Morgan fingerprint density at radius 3 is 2.09 bits per heavy atom. The number of hydrogen-bond donors (Lipinski definition) is 2. The van der Waals surface area contributed by atoms with Crippen molar-refractivity contribution in [3.63, 3.8) is 0 Å². The molecular weight excluding hydrogens is 419 g/mol. The predicted molar refractivity (Wildman–Crippen MR) is 115 cm³/mol. The number of carbonyl (C=O) groups is 2. The van der Waals surface area contributed by atoms with Crippen LogP contribution in [0.25, 0.3) is 11.1 Å². The van der Waals surface area contributed by atoms with Crippen LogP contribution in [-0.2, 0) is 11.2 Å². The summed E-state index contributed by atoms with van der Waals surface area (Å²) in [4.78, 5) is 24.6. The van der Waals surface area contributed by atoms with E-state index in [1.165, 1.54) is 0 Å². The molecule has 0 aromatic heterocycles. The number of halogens is 3. The monoisotopic (exact) mass is 441 g/mol. The summed E-state index contributed by atoms with van der Waals surface area (Å²) in [5.41, 5.74) is 2.63. The van der Waals surface area contributed by atoms with Gasteiger partial charge >= 0.3 is 12.1 Å². The van der Waals surface area contributed by atoms with Gasteiger partial charge in [0.25, 0.3) is 5.91 Å². The van der Waals surface area contributed by atoms with Crippen LogP contribution in [-0.4, -0.2) is 23.2 Å². The second-order valence-corrected chi connectivity index (χ2v) is 7.36. The van der Waals surface area contributed by atoms with Crippen molar-refractivity contribution >= 4 is 11.9 Å². The largest absolute Gasteiger partial charge is 0.479 e. The molecule has 0 saturated heterocycles. The van der Waals surface area contributed by atoms with E-state index in [4.69, 9.17) is 0 Å². The fourth-order valence-electron chi connectivity index (χ4n) is 3.47. The number of benzene rings is 3. The summed E-state index contributed by atoms with van der Waals surface area (Å²) in [6, 6.07) is 21.0. The highest BCUT2D eigenvalue weighted by atomic mass is 19.4. The van der Waals surface area contributed by atoms with Crippen molar-refractivity contribution in [1.29, 1.82) is 0 Å². The van der Waals surface area contributed by atoms with E-state index in [0.717, 1.165) is 11.1 Å². The average Bonchev–Trinajstić information content (AvgIpc) is 2.77. The predicted octanol–water partition coefficient (Wildman–Crippen LogP) is 5.79. The first-order valence-corrected chi connectivity index (χ1v) is 10.1. The van der Waals surface area contributed by atoms with Crippen molar-refractivity contribution in [3.8, 4) is 11.1 Å². The van der Waals surface area contributed by atoms with Crippen molar-refractivity contribution in [2.45, 2.75) is 31.5 Å². The lowest BCUT2D eigenvalue weighted by Gasteiger charge is -2.20. The quantitative estimate of drug-likeness (QED) is 0.465. The van der Waals surface area contributed by atoms with Crippen LogP contribution >= 0.6 is 0 Å². The Hall–Kier alpha value is -3.61. The Bertz CT molecular complexity index is 1070. The van der Waals surface area contributed by atoms with Gasteiger partial charge in [-0.15, -0.1) is 0 Å². The topological polar surface area (TPSA) is 66.4 Å². The van der Waals surface area contributed by atoms with Gasteiger partial charge in [-0.1, -0.05) is 66.7 Å². The Kier molecular flexibility index (Phi) is 7.30. The molecule has 2 N–H and O–H groups in total. The normalized spacial score (nSPS) is 12.2. The average molecular weight is 441 g/mol. The molecule has 0 aliphatic heterocycles. The van der Waals surface area contributed by atoms with Crippen molar-refractivity contribution in [2.24, 2.45) is 0 Å². The molecule has 7 heteroatoms. The smallest absolute Gasteiger partial charge is 0.389 e. The molecule has 0 saturated carbocycles. The fourth-order valence-corrected chi connectivity index (χ4v) is 3.47. The maximum absolute atomic E-state index is 12.7. The van der Waals surface area contributed by atoms with Crippen LogP contribution in [0.1, 0.15) is 40.4 Å². The van der Waals surface area contributed by atoms with Gasteiger partial charge in [0.2, 0.25) is 0 Å². The lowest BCUT2D eigenvalue weighted by Crippen LogP contribution is -2.34. The Labute approximate surface area is 183 Å². The van der Waals surface area contributed by atoms with Gasteiger partial charge < -0.3 is 10.4 Å². The van der Waals surface area contributed by atoms with Crippen LogP contribution in [0.15, 0.2) is 78.9 Å². The molecule has 0 aliphatic rings. The summed E-state index contributed by atoms with van der Waals surface area (Å²) in [5, 5.41) is 12.3. The molecular formula is C25H22F3NO3. The standard InChI is InChI=1S/C25H22F3NO3/c26-25(27,28)15-7-12-20-16-19(17-8-3-1-4-9-17)13-14-21(20)22(24(31)32)29-23(30)18-10-5-2-6-11-18/h1-6,8-11,13-14,16,22H,7,12,15H2,(H,29,30)(H,31,32). The van der Waals surface area contributed by atoms with Gasteiger partial charge in [0.05, 0.1) is 0 Å². The van der Waals surface area contributed by atoms with E-state index in [2.05, 4.69) is 5.32 Å².